The lowest BCUT2D eigenvalue weighted by Crippen LogP contribution is -1.98. The summed E-state index contributed by atoms with van der Waals surface area (Å²) in [5.74, 6) is 1.39. The molecule has 1 aromatic heterocycles. The standard InChI is InChI=1S/C18H16N4O5/c1-25-15-8-4-12(5-9-17-20-21-18(19)27-17)10-16(15)26-11-13-2-6-14(7-3-13)22(23)24/h2-10H,11H2,1H3,(H2,19,21)/b9-5+. The summed E-state index contributed by atoms with van der Waals surface area (Å²) in [5.41, 5.74) is 7.04. The molecule has 0 aliphatic rings. The first-order chi connectivity index (χ1) is 13.0. The van der Waals surface area contributed by atoms with E-state index in [0.29, 0.717) is 11.5 Å². The third-order valence-electron chi connectivity index (χ3n) is 3.60. The fourth-order valence-corrected chi connectivity index (χ4v) is 2.27. The quantitative estimate of drug-likeness (QED) is 0.497. The Balaban J connectivity index is 1.73. The summed E-state index contributed by atoms with van der Waals surface area (Å²) < 4.78 is 16.2. The van der Waals surface area contributed by atoms with Gasteiger partial charge in [-0.25, -0.2) is 0 Å². The van der Waals surface area contributed by atoms with Gasteiger partial charge in [0.2, 0.25) is 5.89 Å². The molecule has 0 fully saturated rings. The summed E-state index contributed by atoms with van der Waals surface area (Å²) in [7, 11) is 1.55. The van der Waals surface area contributed by atoms with E-state index < -0.39 is 4.92 Å². The first kappa shape index (κ1) is 17.9. The molecule has 3 aromatic rings. The fraction of sp³-hybridized carbons (Fsp3) is 0.111. The van der Waals surface area contributed by atoms with Crippen LogP contribution in [0.3, 0.4) is 0 Å². The molecular weight excluding hydrogens is 352 g/mol. The first-order valence-corrected chi connectivity index (χ1v) is 7.86. The molecule has 2 N–H and O–H groups in total. The molecule has 27 heavy (non-hydrogen) atoms. The van der Waals surface area contributed by atoms with Crippen LogP contribution in [-0.2, 0) is 6.61 Å². The number of rotatable bonds is 7. The highest BCUT2D eigenvalue weighted by Gasteiger charge is 2.08. The maximum atomic E-state index is 10.7. The number of anilines is 1. The van der Waals surface area contributed by atoms with Crippen molar-refractivity contribution in [3.05, 3.63) is 69.6 Å². The van der Waals surface area contributed by atoms with Crippen molar-refractivity contribution in [1.29, 1.82) is 0 Å². The molecular formula is C18H16N4O5. The van der Waals surface area contributed by atoms with Gasteiger partial charge in [0.1, 0.15) is 6.61 Å². The van der Waals surface area contributed by atoms with Crippen LogP contribution < -0.4 is 15.2 Å². The summed E-state index contributed by atoms with van der Waals surface area (Å²) in [6.45, 7) is 0.238. The van der Waals surface area contributed by atoms with Crippen LogP contribution in [0, 0.1) is 10.1 Å². The molecule has 1 heterocycles. The number of methoxy groups -OCH3 is 1. The third-order valence-corrected chi connectivity index (χ3v) is 3.60. The molecule has 0 aliphatic carbocycles. The fourth-order valence-electron chi connectivity index (χ4n) is 2.27. The SMILES string of the molecule is COc1ccc(/C=C/c2nnc(N)o2)cc1OCc1ccc([N+](=O)[O-])cc1. The summed E-state index contributed by atoms with van der Waals surface area (Å²) in [5, 5.41) is 18.0. The van der Waals surface area contributed by atoms with E-state index in [0.717, 1.165) is 11.1 Å². The highest BCUT2D eigenvalue weighted by molar-refractivity contribution is 5.68. The van der Waals surface area contributed by atoms with E-state index in [1.165, 1.54) is 12.1 Å². The van der Waals surface area contributed by atoms with Crippen molar-refractivity contribution in [3.63, 3.8) is 0 Å². The molecule has 3 rings (SSSR count). The van der Waals surface area contributed by atoms with E-state index in [1.54, 1.807) is 43.5 Å². The van der Waals surface area contributed by atoms with Gasteiger partial charge in [0.25, 0.3) is 5.69 Å². The highest BCUT2D eigenvalue weighted by atomic mass is 16.6. The second-order valence-electron chi connectivity index (χ2n) is 5.43. The molecule has 0 saturated carbocycles. The number of aromatic nitrogens is 2. The van der Waals surface area contributed by atoms with Gasteiger partial charge in [-0.15, -0.1) is 5.10 Å². The lowest BCUT2D eigenvalue weighted by atomic mass is 10.2. The van der Waals surface area contributed by atoms with Crippen molar-refractivity contribution in [2.75, 3.05) is 12.8 Å². The van der Waals surface area contributed by atoms with E-state index in [9.17, 15) is 10.1 Å². The maximum absolute atomic E-state index is 10.7. The van der Waals surface area contributed by atoms with E-state index >= 15 is 0 Å². The smallest absolute Gasteiger partial charge is 0.313 e. The number of ether oxygens (including phenoxy) is 2. The molecule has 0 saturated heterocycles. The monoisotopic (exact) mass is 368 g/mol. The van der Waals surface area contributed by atoms with E-state index in [-0.39, 0.29) is 24.2 Å². The minimum absolute atomic E-state index is 0.00324. The second-order valence-corrected chi connectivity index (χ2v) is 5.43. The molecule has 0 unspecified atom stereocenters. The van der Waals surface area contributed by atoms with Crippen molar-refractivity contribution in [1.82, 2.24) is 10.2 Å². The Morgan fingerprint density at radius 3 is 2.56 bits per heavy atom. The van der Waals surface area contributed by atoms with Crippen molar-refractivity contribution in [3.8, 4) is 11.5 Å². The Bertz CT molecular complexity index is 966. The Hall–Kier alpha value is -3.88. The summed E-state index contributed by atoms with van der Waals surface area (Å²) in [6, 6.07) is 11.6. The molecule has 138 valence electrons. The molecule has 2 aromatic carbocycles. The van der Waals surface area contributed by atoms with Gasteiger partial charge >= 0.3 is 6.01 Å². The molecule has 9 nitrogen and oxygen atoms in total. The van der Waals surface area contributed by atoms with E-state index in [4.69, 9.17) is 19.6 Å². The lowest BCUT2D eigenvalue weighted by molar-refractivity contribution is -0.384. The van der Waals surface area contributed by atoms with E-state index in [2.05, 4.69) is 10.2 Å². The number of nitro groups is 1. The van der Waals surface area contributed by atoms with Crippen LogP contribution >= 0.6 is 0 Å². The van der Waals surface area contributed by atoms with Crippen LogP contribution in [0.1, 0.15) is 17.0 Å². The predicted octanol–water partition coefficient (Wildman–Crippen LogP) is 3.32. The van der Waals surface area contributed by atoms with Crippen LogP contribution in [-0.4, -0.2) is 22.2 Å². The largest absolute Gasteiger partial charge is 0.493 e. The van der Waals surface area contributed by atoms with Crippen LogP contribution in [0.15, 0.2) is 46.9 Å². The molecule has 0 aliphatic heterocycles. The summed E-state index contributed by atoms with van der Waals surface area (Å²) in [4.78, 5) is 10.3. The van der Waals surface area contributed by atoms with Gasteiger partial charge in [-0.2, -0.15) is 0 Å². The van der Waals surface area contributed by atoms with Gasteiger partial charge < -0.3 is 19.6 Å². The number of hydrogen-bond acceptors (Lipinski definition) is 8. The minimum atomic E-state index is -0.444. The highest BCUT2D eigenvalue weighted by Crippen LogP contribution is 2.29. The molecule has 0 atom stereocenters. The van der Waals surface area contributed by atoms with Crippen LogP contribution in [0.4, 0.5) is 11.7 Å². The number of nitrogens with two attached hydrogens (primary N) is 1. The molecule has 9 heteroatoms. The minimum Gasteiger partial charge on any atom is -0.493 e. The van der Waals surface area contributed by atoms with Crippen molar-refractivity contribution in [2.45, 2.75) is 6.61 Å². The van der Waals surface area contributed by atoms with Crippen LogP contribution in [0.25, 0.3) is 12.2 Å². The summed E-state index contributed by atoms with van der Waals surface area (Å²) in [6.07, 6.45) is 3.40. The van der Waals surface area contributed by atoms with Crippen LogP contribution in [0.5, 0.6) is 11.5 Å². The Kier molecular flexibility index (Phi) is 5.31. The Morgan fingerprint density at radius 2 is 1.93 bits per heavy atom. The molecule has 0 bridgehead atoms. The van der Waals surface area contributed by atoms with Crippen molar-refractivity contribution in [2.24, 2.45) is 0 Å². The zero-order chi connectivity index (χ0) is 19.2. The van der Waals surface area contributed by atoms with Crippen molar-refractivity contribution >= 4 is 23.9 Å². The normalized spacial score (nSPS) is 10.9. The maximum Gasteiger partial charge on any atom is 0.313 e. The zero-order valence-electron chi connectivity index (χ0n) is 14.4. The van der Waals surface area contributed by atoms with Gasteiger partial charge in [-0.05, 0) is 41.5 Å². The molecule has 0 spiro atoms. The average Bonchev–Trinajstić information content (AvgIpc) is 3.10. The number of hydrogen-bond donors (Lipinski definition) is 1. The van der Waals surface area contributed by atoms with Gasteiger partial charge in [-0.3, -0.25) is 10.1 Å². The Morgan fingerprint density at radius 1 is 1.15 bits per heavy atom. The van der Waals surface area contributed by atoms with Gasteiger partial charge in [0.05, 0.1) is 12.0 Å². The first-order valence-electron chi connectivity index (χ1n) is 7.86. The number of nitrogen functional groups attached to an aromatic ring is 1. The third kappa shape index (κ3) is 4.60. The average molecular weight is 368 g/mol. The lowest BCUT2D eigenvalue weighted by Gasteiger charge is -2.11. The Labute approximate surface area is 154 Å². The molecule has 0 amide bonds. The second kappa shape index (κ2) is 8.00. The predicted molar refractivity (Wildman–Crippen MR) is 98.1 cm³/mol. The number of nitro benzene ring substituents is 1. The number of nitrogens with zero attached hydrogens (tertiary/aromatic N) is 3. The molecule has 0 radical (unpaired) electrons. The van der Waals surface area contributed by atoms with Crippen LogP contribution in [0.2, 0.25) is 0 Å². The summed E-state index contributed by atoms with van der Waals surface area (Å²) >= 11 is 0. The topological polar surface area (TPSA) is 127 Å². The van der Waals surface area contributed by atoms with E-state index in [1.807, 2.05) is 6.07 Å². The van der Waals surface area contributed by atoms with Crippen molar-refractivity contribution < 1.29 is 18.8 Å². The van der Waals surface area contributed by atoms with Gasteiger partial charge in [-0.1, -0.05) is 11.2 Å². The van der Waals surface area contributed by atoms with Gasteiger partial charge in [0, 0.05) is 18.2 Å². The number of non-ortho nitro benzene ring substituents is 1. The zero-order valence-corrected chi connectivity index (χ0v) is 14.4. The van der Waals surface area contributed by atoms with Gasteiger partial charge in [0.15, 0.2) is 11.5 Å². The number of benzene rings is 2.